The second-order valence-electron chi connectivity index (χ2n) is 9.52. The lowest BCUT2D eigenvalue weighted by Crippen LogP contribution is -2.55. The van der Waals surface area contributed by atoms with Crippen LogP contribution >= 0.6 is 11.6 Å². The molecule has 0 spiro atoms. The summed E-state index contributed by atoms with van der Waals surface area (Å²) in [6.45, 7) is 1.76. The number of halogens is 1. The van der Waals surface area contributed by atoms with Crippen LogP contribution in [0.4, 0.5) is 0 Å². The number of amides is 1. The summed E-state index contributed by atoms with van der Waals surface area (Å²) in [6.07, 6.45) is 3.89. The van der Waals surface area contributed by atoms with E-state index in [0.717, 1.165) is 41.7 Å². The van der Waals surface area contributed by atoms with Gasteiger partial charge in [-0.3, -0.25) is 9.69 Å². The predicted molar refractivity (Wildman–Crippen MR) is 125 cm³/mol. The number of hydrogen-bond donors (Lipinski definition) is 0. The summed E-state index contributed by atoms with van der Waals surface area (Å²) < 4.78 is 11.8. The highest BCUT2D eigenvalue weighted by atomic mass is 35.5. The molecule has 5 heterocycles. The predicted octanol–water partition coefficient (Wildman–Crippen LogP) is 4.88. The van der Waals surface area contributed by atoms with E-state index in [9.17, 15) is 4.79 Å². The summed E-state index contributed by atoms with van der Waals surface area (Å²) in [7, 11) is 1.77. The molecule has 5 atom stereocenters. The van der Waals surface area contributed by atoms with E-state index in [2.05, 4.69) is 10.1 Å². The van der Waals surface area contributed by atoms with Crippen LogP contribution in [-0.2, 0) is 6.54 Å². The molecule has 2 unspecified atom stereocenters. The molecule has 4 aliphatic rings. The molecule has 7 rings (SSSR count). The molecule has 6 nitrogen and oxygen atoms in total. The lowest BCUT2D eigenvalue weighted by atomic mass is 9.88. The van der Waals surface area contributed by atoms with Gasteiger partial charge in [0.15, 0.2) is 11.5 Å². The highest BCUT2D eigenvalue weighted by Crippen LogP contribution is 2.48. The Labute approximate surface area is 198 Å². The summed E-state index contributed by atoms with van der Waals surface area (Å²) in [5, 5.41) is 4.62. The number of ether oxygens (including phenoxy) is 1. The molecule has 33 heavy (non-hydrogen) atoms. The van der Waals surface area contributed by atoms with Crippen molar-refractivity contribution in [3.8, 4) is 17.1 Å². The molecule has 1 aromatic heterocycles. The summed E-state index contributed by atoms with van der Waals surface area (Å²) >= 11 is 5.94. The normalized spacial score (nSPS) is 27.2. The molecule has 170 valence electrons. The van der Waals surface area contributed by atoms with Crippen molar-refractivity contribution in [3.05, 3.63) is 70.9 Å². The minimum absolute atomic E-state index is 0.192. The number of benzene rings is 2. The highest BCUT2D eigenvalue weighted by molar-refractivity contribution is 6.30. The second-order valence-corrected chi connectivity index (χ2v) is 9.95. The van der Waals surface area contributed by atoms with Gasteiger partial charge in [-0.1, -0.05) is 28.9 Å². The van der Waals surface area contributed by atoms with Gasteiger partial charge in [0.1, 0.15) is 11.9 Å². The van der Waals surface area contributed by atoms with Crippen LogP contribution in [0, 0.1) is 5.92 Å². The lowest BCUT2D eigenvalue weighted by molar-refractivity contribution is -0.00909. The van der Waals surface area contributed by atoms with Crippen LogP contribution < -0.4 is 4.74 Å². The number of hydrogen-bond acceptors (Lipinski definition) is 5. The average Bonchev–Trinajstić information content (AvgIpc) is 3.50. The van der Waals surface area contributed by atoms with Crippen molar-refractivity contribution < 1.29 is 14.1 Å². The monoisotopic (exact) mass is 463 g/mol. The van der Waals surface area contributed by atoms with Gasteiger partial charge >= 0.3 is 0 Å². The maximum absolute atomic E-state index is 12.9. The first-order valence-electron chi connectivity index (χ1n) is 11.5. The van der Waals surface area contributed by atoms with Crippen molar-refractivity contribution in [2.24, 2.45) is 5.92 Å². The Bertz CT molecular complexity index is 1170. The molecule has 0 N–H and O–H groups in total. The maximum Gasteiger partial charge on any atom is 0.276 e. The minimum Gasteiger partial charge on any atom is -0.490 e. The van der Waals surface area contributed by atoms with E-state index < -0.39 is 0 Å². The Morgan fingerprint density at radius 1 is 1.18 bits per heavy atom. The first kappa shape index (κ1) is 20.8. The number of nitrogens with zero attached hydrogens (tertiary/aromatic N) is 3. The first-order valence-corrected chi connectivity index (χ1v) is 11.9. The van der Waals surface area contributed by atoms with Crippen molar-refractivity contribution >= 4 is 17.5 Å². The Kier molecular flexibility index (Phi) is 5.15. The number of carbonyl (C=O) groups is 1. The summed E-state index contributed by atoms with van der Waals surface area (Å²) in [5.74, 6) is 2.12. The van der Waals surface area contributed by atoms with Crippen LogP contribution in [0.25, 0.3) is 11.3 Å². The molecule has 4 fully saturated rings. The molecule has 4 aliphatic heterocycles. The standard InChI is InChI=1S/C26H26ClN3O3/c1-29(26(31)23-13-25(33-28-23)17-5-7-19(27)8-6-17)14-16-3-2-4-21(9-16)32-22-11-20-10-18-15-30(20)24(18)12-22/h2-9,13,18,20,22,24H,10-12,14-15H2,1H3/t18?,20-,22+,24-/m1/s1. The van der Waals surface area contributed by atoms with Gasteiger partial charge < -0.3 is 14.2 Å². The fraction of sp³-hybridized carbons (Fsp3) is 0.385. The molecule has 0 aliphatic carbocycles. The highest BCUT2D eigenvalue weighted by Gasteiger charge is 2.55. The van der Waals surface area contributed by atoms with Crippen molar-refractivity contribution in [1.82, 2.24) is 15.0 Å². The Morgan fingerprint density at radius 2 is 2.03 bits per heavy atom. The number of carbonyl (C=O) groups excluding carboxylic acids is 1. The molecule has 4 saturated heterocycles. The van der Waals surface area contributed by atoms with Gasteiger partial charge in [-0.25, -0.2) is 0 Å². The van der Waals surface area contributed by atoms with Crippen molar-refractivity contribution in [3.63, 3.8) is 0 Å². The van der Waals surface area contributed by atoms with Crippen LogP contribution in [0.15, 0.2) is 59.1 Å². The minimum atomic E-state index is -0.192. The zero-order valence-corrected chi connectivity index (χ0v) is 19.2. The molecule has 4 bridgehead atoms. The third-order valence-corrected chi connectivity index (χ3v) is 7.58. The molecular formula is C26H26ClN3O3. The molecule has 3 aromatic rings. The fourth-order valence-electron chi connectivity index (χ4n) is 5.70. The van der Waals surface area contributed by atoms with Crippen LogP contribution in [0.5, 0.6) is 5.75 Å². The topological polar surface area (TPSA) is 58.8 Å². The molecular weight excluding hydrogens is 438 g/mol. The third kappa shape index (κ3) is 3.91. The number of aromatic nitrogens is 1. The van der Waals surface area contributed by atoms with E-state index in [0.29, 0.717) is 23.4 Å². The quantitative estimate of drug-likeness (QED) is 0.521. The summed E-state index contributed by atoms with van der Waals surface area (Å²) in [4.78, 5) is 17.2. The van der Waals surface area contributed by atoms with Gasteiger partial charge in [-0.05, 0) is 60.7 Å². The smallest absolute Gasteiger partial charge is 0.276 e. The SMILES string of the molecule is CN(Cc1cccc(O[C@H]2C[C@H]3CC4CN3[C@@H]4C2)c1)C(=O)c1cc(-c2ccc(Cl)cc2)on1. The van der Waals surface area contributed by atoms with Crippen LogP contribution in [0.3, 0.4) is 0 Å². The van der Waals surface area contributed by atoms with Gasteiger partial charge in [0.2, 0.25) is 0 Å². The van der Waals surface area contributed by atoms with E-state index in [1.807, 2.05) is 36.4 Å². The first-order chi connectivity index (χ1) is 16.0. The average molecular weight is 464 g/mol. The summed E-state index contributed by atoms with van der Waals surface area (Å²) in [5.41, 5.74) is 2.12. The molecule has 7 heteroatoms. The van der Waals surface area contributed by atoms with E-state index in [1.54, 1.807) is 30.1 Å². The third-order valence-electron chi connectivity index (χ3n) is 7.32. The van der Waals surface area contributed by atoms with Crippen LogP contribution in [0.1, 0.15) is 35.3 Å². The zero-order valence-electron chi connectivity index (χ0n) is 18.5. The van der Waals surface area contributed by atoms with E-state index in [1.165, 1.54) is 13.0 Å². The van der Waals surface area contributed by atoms with Crippen LogP contribution in [-0.4, -0.2) is 52.6 Å². The van der Waals surface area contributed by atoms with E-state index >= 15 is 0 Å². The maximum atomic E-state index is 12.9. The molecule has 0 saturated carbocycles. The van der Waals surface area contributed by atoms with Gasteiger partial charge in [-0.2, -0.15) is 0 Å². The Morgan fingerprint density at radius 3 is 2.85 bits per heavy atom. The lowest BCUT2D eigenvalue weighted by Gasteiger charge is -2.46. The van der Waals surface area contributed by atoms with Crippen LogP contribution in [0.2, 0.25) is 5.02 Å². The van der Waals surface area contributed by atoms with Gasteiger partial charge in [0, 0.05) is 55.3 Å². The molecule has 2 aromatic carbocycles. The molecule has 0 radical (unpaired) electrons. The zero-order chi connectivity index (χ0) is 22.5. The van der Waals surface area contributed by atoms with Crippen molar-refractivity contribution in [2.45, 2.75) is 44.0 Å². The molecule has 1 amide bonds. The number of piperidine rings is 1. The second kappa shape index (κ2) is 8.19. The van der Waals surface area contributed by atoms with E-state index in [4.69, 9.17) is 20.9 Å². The number of rotatable bonds is 6. The fourth-order valence-corrected chi connectivity index (χ4v) is 5.82. The Hall–Kier alpha value is -2.83. The Balaban J connectivity index is 1.09. The van der Waals surface area contributed by atoms with Gasteiger partial charge in [-0.15, -0.1) is 0 Å². The van der Waals surface area contributed by atoms with Gasteiger partial charge in [0.25, 0.3) is 5.91 Å². The largest absolute Gasteiger partial charge is 0.490 e. The van der Waals surface area contributed by atoms with Crippen molar-refractivity contribution in [1.29, 1.82) is 0 Å². The van der Waals surface area contributed by atoms with Gasteiger partial charge in [0.05, 0.1) is 0 Å². The van der Waals surface area contributed by atoms with E-state index in [-0.39, 0.29) is 17.7 Å². The van der Waals surface area contributed by atoms with Crippen molar-refractivity contribution in [2.75, 3.05) is 13.6 Å². The summed E-state index contributed by atoms with van der Waals surface area (Å²) in [6, 6.07) is 18.4.